The lowest BCUT2D eigenvalue weighted by Gasteiger charge is -2.45. The maximum Gasteiger partial charge on any atom is 0.249 e. The molecule has 0 aliphatic carbocycles. The number of hydrogen-bond donors (Lipinski definition) is 0. The van der Waals surface area contributed by atoms with Crippen molar-refractivity contribution in [3.05, 3.63) is 69.5 Å². The second-order valence-electron chi connectivity index (χ2n) is 9.16. The van der Waals surface area contributed by atoms with Crippen molar-refractivity contribution < 1.29 is 22.3 Å². The van der Waals surface area contributed by atoms with Gasteiger partial charge in [-0.15, -0.1) is 0 Å². The van der Waals surface area contributed by atoms with E-state index in [2.05, 4.69) is 0 Å². The summed E-state index contributed by atoms with van der Waals surface area (Å²) in [4.78, 5) is 14.7. The van der Waals surface area contributed by atoms with E-state index in [4.69, 9.17) is 27.9 Å². The Kier molecular flexibility index (Phi) is 7.79. The van der Waals surface area contributed by atoms with Crippen LogP contribution in [-0.4, -0.2) is 42.4 Å². The van der Waals surface area contributed by atoms with E-state index >= 15 is 0 Å². The molecule has 1 aliphatic rings. The molecule has 3 unspecified atom stereocenters. The Hall–Kier alpha value is -1.67. The molecule has 0 saturated carbocycles. The van der Waals surface area contributed by atoms with Crippen molar-refractivity contribution >= 4 is 38.9 Å². The van der Waals surface area contributed by atoms with Gasteiger partial charge in [-0.3, -0.25) is 4.79 Å². The topological polar surface area (TPSA) is 63.7 Å². The SMILES string of the molecule is CCC(CS(=O)(=O)C(C)(C)C)N1C(=O)COC(c2cccc(Cl)c2)C1c1ccc(Cl)c(F)c1. The first-order valence-corrected chi connectivity index (χ1v) is 13.1. The zero-order chi connectivity index (χ0) is 24.6. The number of halogens is 3. The largest absolute Gasteiger partial charge is 0.361 e. The Bertz CT molecular complexity index is 1130. The number of amides is 1. The summed E-state index contributed by atoms with van der Waals surface area (Å²) >= 11 is 12.1. The molecule has 5 nitrogen and oxygen atoms in total. The van der Waals surface area contributed by atoms with Gasteiger partial charge in [0.1, 0.15) is 18.5 Å². The highest BCUT2D eigenvalue weighted by atomic mass is 35.5. The minimum absolute atomic E-state index is 0.0463. The number of nitrogens with zero attached hydrogens (tertiary/aromatic N) is 1. The van der Waals surface area contributed by atoms with E-state index in [1.807, 2.05) is 13.0 Å². The van der Waals surface area contributed by atoms with Gasteiger partial charge >= 0.3 is 0 Å². The molecule has 1 heterocycles. The molecule has 1 amide bonds. The summed E-state index contributed by atoms with van der Waals surface area (Å²) in [5.41, 5.74) is 1.16. The predicted octanol–water partition coefficient (Wildman–Crippen LogP) is 5.77. The number of rotatable bonds is 6. The lowest BCUT2D eigenvalue weighted by molar-refractivity contribution is -0.162. The number of carbonyl (C=O) groups is 1. The highest BCUT2D eigenvalue weighted by molar-refractivity contribution is 7.92. The molecule has 0 aromatic heterocycles. The van der Waals surface area contributed by atoms with E-state index in [1.165, 1.54) is 12.1 Å². The monoisotopic (exact) mass is 515 g/mol. The Labute approximate surface area is 204 Å². The zero-order valence-electron chi connectivity index (χ0n) is 19.0. The lowest BCUT2D eigenvalue weighted by Crippen LogP contribution is -2.53. The minimum atomic E-state index is -3.54. The highest BCUT2D eigenvalue weighted by Crippen LogP contribution is 2.43. The number of sulfone groups is 1. The predicted molar refractivity (Wildman–Crippen MR) is 129 cm³/mol. The third-order valence-electron chi connectivity index (χ3n) is 5.93. The normalized spacial score (nSPS) is 20.7. The molecule has 180 valence electrons. The van der Waals surface area contributed by atoms with Crippen molar-refractivity contribution in [2.45, 2.75) is 57.1 Å². The molecule has 2 aromatic rings. The van der Waals surface area contributed by atoms with Crippen LogP contribution in [0, 0.1) is 5.82 Å². The van der Waals surface area contributed by atoms with Gasteiger partial charge in [-0.1, -0.05) is 48.3 Å². The molecule has 0 bridgehead atoms. The Balaban J connectivity index is 2.15. The Morgan fingerprint density at radius 1 is 1.15 bits per heavy atom. The van der Waals surface area contributed by atoms with E-state index in [0.717, 1.165) is 0 Å². The molecule has 3 rings (SSSR count). The molecular formula is C24H28Cl2FNO4S. The van der Waals surface area contributed by atoms with Gasteiger partial charge in [0.25, 0.3) is 0 Å². The fourth-order valence-electron chi connectivity index (χ4n) is 3.95. The summed E-state index contributed by atoms with van der Waals surface area (Å²) in [7, 11) is -3.54. The van der Waals surface area contributed by atoms with Crippen molar-refractivity contribution in [1.82, 2.24) is 4.90 Å². The average Bonchev–Trinajstić information content (AvgIpc) is 2.73. The third-order valence-corrected chi connectivity index (χ3v) is 9.16. The zero-order valence-corrected chi connectivity index (χ0v) is 21.3. The van der Waals surface area contributed by atoms with E-state index in [0.29, 0.717) is 22.6 Å². The molecule has 1 aliphatic heterocycles. The summed E-state index contributed by atoms with van der Waals surface area (Å²) in [6, 6.07) is 9.96. The second-order valence-corrected chi connectivity index (χ2v) is 12.8. The molecule has 0 N–H and O–H groups in total. The molecule has 33 heavy (non-hydrogen) atoms. The van der Waals surface area contributed by atoms with E-state index in [1.54, 1.807) is 49.9 Å². The summed E-state index contributed by atoms with van der Waals surface area (Å²) in [5, 5.41) is 0.443. The molecule has 0 spiro atoms. The third kappa shape index (κ3) is 5.53. The van der Waals surface area contributed by atoms with E-state index < -0.39 is 38.6 Å². The van der Waals surface area contributed by atoms with Gasteiger partial charge in [0.05, 0.1) is 21.6 Å². The van der Waals surface area contributed by atoms with E-state index in [-0.39, 0.29) is 23.3 Å². The van der Waals surface area contributed by atoms with Crippen LogP contribution < -0.4 is 0 Å². The number of carbonyl (C=O) groups excluding carboxylic acids is 1. The van der Waals surface area contributed by atoms with Crippen molar-refractivity contribution in [1.29, 1.82) is 0 Å². The fraction of sp³-hybridized carbons (Fsp3) is 0.458. The Morgan fingerprint density at radius 2 is 1.85 bits per heavy atom. The van der Waals surface area contributed by atoms with Crippen LogP contribution >= 0.6 is 23.2 Å². The van der Waals surface area contributed by atoms with Crippen molar-refractivity contribution in [2.75, 3.05) is 12.4 Å². The maximum atomic E-state index is 14.5. The van der Waals surface area contributed by atoms with Gasteiger partial charge in [-0.25, -0.2) is 12.8 Å². The average molecular weight is 516 g/mol. The molecule has 1 fully saturated rings. The summed E-state index contributed by atoms with van der Waals surface area (Å²) < 4.78 is 45.5. The van der Waals surface area contributed by atoms with Crippen LogP contribution in [0.1, 0.15) is 57.4 Å². The molecule has 1 saturated heterocycles. The minimum Gasteiger partial charge on any atom is -0.361 e. The van der Waals surface area contributed by atoms with Gasteiger partial charge in [-0.2, -0.15) is 0 Å². The van der Waals surface area contributed by atoms with Crippen molar-refractivity contribution in [3.63, 3.8) is 0 Å². The molecule has 2 aromatic carbocycles. The highest BCUT2D eigenvalue weighted by Gasteiger charge is 2.44. The lowest BCUT2D eigenvalue weighted by atomic mass is 9.91. The second kappa shape index (κ2) is 9.90. The summed E-state index contributed by atoms with van der Waals surface area (Å²) in [6.45, 7) is 6.51. The molecule has 9 heteroatoms. The van der Waals surface area contributed by atoms with Crippen LogP contribution in [0.5, 0.6) is 0 Å². The number of hydrogen-bond acceptors (Lipinski definition) is 4. The molecule has 3 atom stereocenters. The first-order valence-electron chi connectivity index (χ1n) is 10.7. The molecular weight excluding hydrogens is 488 g/mol. The number of ether oxygens (including phenoxy) is 1. The van der Waals surface area contributed by atoms with Gasteiger partial charge < -0.3 is 9.64 Å². The fourth-order valence-corrected chi connectivity index (χ4v) is 5.67. The van der Waals surface area contributed by atoms with E-state index in [9.17, 15) is 17.6 Å². The van der Waals surface area contributed by atoms with Crippen molar-refractivity contribution in [2.24, 2.45) is 0 Å². The smallest absolute Gasteiger partial charge is 0.249 e. The van der Waals surface area contributed by atoms with Gasteiger partial charge in [0, 0.05) is 11.1 Å². The van der Waals surface area contributed by atoms with Crippen LogP contribution in [0.2, 0.25) is 10.0 Å². The first kappa shape index (κ1) is 25.9. The van der Waals surface area contributed by atoms with Gasteiger partial charge in [-0.05, 0) is 62.6 Å². The van der Waals surface area contributed by atoms with Gasteiger partial charge in [0.15, 0.2) is 9.84 Å². The first-order chi connectivity index (χ1) is 15.4. The standard InChI is InChI=1S/C24H28Cl2FNO4S/c1-5-18(14-33(30,31)24(2,3)4)28-21(29)13-32-23(16-7-6-8-17(25)11-16)22(28)15-9-10-19(26)20(27)12-15/h6-12,18,22-23H,5,13-14H2,1-4H3. The van der Waals surface area contributed by atoms with Crippen LogP contribution in [0.3, 0.4) is 0 Å². The van der Waals surface area contributed by atoms with Crippen molar-refractivity contribution in [3.8, 4) is 0 Å². The van der Waals surface area contributed by atoms with Crippen LogP contribution in [0.15, 0.2) is 42.5 Å². The summed E-state index contributed by atoms with van der Waals surface area (Å²) in [6.07, 6.45) is -0.274. The number of benzene rings is 2. The van der Waals surface area contributed by atoms with Crippen LogP contribution in [0.25, 0.3) is 0 Å². The quantitative estimate of drug-likeness (QED) is 0.490. The molecule has 0 radical (unpaired) electrons. The Morgan fingerprint density at radius 3 is 2.42 bits per heavy atom. The maximum absolute atomic E-state index is 14.5. The number of morpholine rings is 1. The summed E-state index contributed by atoms with van der Waals surface area (Å²) in [5.74, 6) is -1.20. The van der Waals surface area contributed by atoms with Crippen LogP contribution in [-0.2, 0) is 19.4 Å². The van der Waals surface area contributed by atoms with Crippen LogP contribution in [0.4, 0.5) is 4.39 Å². The van der Waals surface area contributed by atoms with Gasteiger partial charge in [0.2, 0.25) is 5.91 Å².